The summed E-state index contributed by atoms with van der Waals surface area (Å²) >= 11 is 0. The second kappa shape index (κ2) is 15.1. The third kappa shape index (κ3) is 9.53. The maximum absolute atomic E-state index is 15.4. The molecule has 0 fully saturated rings. The van der Waals surface area contributed by atoms with Crippen LogP contribution < -0.4 is 32.9 Å². The van der Waals surface area contributed by atoms with Gasteiger partial charge < -0.3 is 32.2 Å². The molecule has 0 unspecified atom stereocenters. The molecule has 250 valence electrons. The number of alkyl halides is 3. The van der Waals surface area contributed by atoms with E-state index in [2.05, 4.69) is 31.1 Å². The number of fused-ring (bicyclic) bond motifs is 1. The van der Waals surface area contributed by atoms with E-state index in [1.165, 1.54) is 22.9 Å². The van der Waals surface area contributed by atoms with Crippen molar-refractivity contribution in [3.8, 4) is 28.8 Å². The molecule has 0 amide bonds. The average Bonchev–Trinajstić information content (AvgIpc) is 3.39. The molecule has 0 aliphatic carbocycles. The van der Waals surface area contributed by atoms with Crippen LogP contribution in [0.25, 0.3) is 28.0 Å². The highest BCUT2D eigenvalue weighted by Crippen LogP contribution is 2.35. The number of aromatic amines is 1. The second-order valence-corrected chi connectivity index (χ2v) is 11.4. The largest absolute Gasteiger partial charge is 0.573 e. The molecular weight excluding hydrogens is 618 g/mol. The number of aromatic nitrogens is 3. The van der Waals surface area contributed by atoms with E-state index in [0.29, 0.717) is 48.9 Å². The van der Waals surface area contributed by atoms with Gasteiger partial charge in [0.15, 0.2) is 17.5 Å². The average molecular weight is 656 g/mol. The summed E-state index contributed by atoms with van der Waals surface area (Å²) < 4.78 is 60.0. The maximum atomic E-state index is 15.4. The van der Waals surface area contributed by atoms with Crippen LogP contribution in [0.3, 0.4) is 0 Å². The quantitative estimate of drug-likeness (QED) is 0.0736. The summed E-state index contributed by atoms with van der Waals surface area (Å²) in [4.78, 5) is 24.0. The lowest BCUT2D eigenvalue weighted by Crippen LogP contribution is -2.28. The number of ether oxygens (including phenoxy) is 1. The molecule has 4 aromatic rings. The van der Waals surface area contributed by atoms with E-state index in [1.54, 1.807) is 12.1 Å². The maximum Gasteiger partial charge on any atom is 0.573 e. The van der Waals surface area contributed by atoms with Crippen molar-refractivity contribution in [2.75, 3.05) is 6.54 Å². The molecule has 0 saturated heterocycles. The van der Waals surface area contributed by atoms with Crippen LogP contribution in [0.4, 0.5) is 17.6 Å². The zero-order chi connectivity index (χ0) is 34.3. The molecule has 0 saturated carbocycles. The number of aryl methyl sites for hydroxylation is 1. The molecule has 15 heteroatoms. The number of hydrogen-bond donors (Lipinski definition) is 5. The number of nitrogens with zero attached hydrogens (tertiary/aromatic N) is 4. The van der Waals surface area contributed by atoms with Crippen LogP contribution in [0.5, 0.6) is 5.75 Å². The van der Waals surface area contributed by atoms with Gasteiger partial charge in [0, 0.05) is 29.2 Å². The summed E-state index contributed by atoms with van der Waals surface area (Å²) in [5, 5.41) is 12.8. The first-order chi connectivity index (χ1) is 22.2. The fraction of sp³-hybridized carbons (Fsp3) is 0.375. The van der Waals surface area contributed by atoms with Gasteiger partial charge in [-0.3, -0.25) is 4.57 Å². The molecule has 0 spiro atoms. The summed E-state index contributed by atoms with van der Waals surface area (Å²) in [7, 11) is 0. The molecule has 2 aromatic heterocycles. The Bertz CT molecular complexity index is 1800. The van der Waals surface area contributed by atoms with Crippen LogP contribution in [-0.2, 0) is 6.42 Å². The molecule has 47 heavy (non-hydrogen) atoms. The minimum atomic E-state index is -5.09. The van der Waals surface area contributed by atoms with E-state index in [-0.39, 0.29) is 47.4 Å². The molecule has 11 nitrogen and oxygen atoms in total. The highest BCUT2D eigenvalue weighted by Gasteiger charge is 2.33. The van der Waals surface area contributed by atoms with E-state index in [4.69, 9.17) is 22.5 Å². The molecule has 2 heterocycles. The van der Waals surface area contributed by atoms with E-state index >= 15 is 4.39 Å². The molecule has 0 aliphatic heterocycles. The Morgan fingerprint density at radius 1 is 1.17 bits per heavy atom. The number of nitrogens with two attached hydrogens (primary N) is 3. The van der Waals surface area contributed by atoms with Crippen molar-refractivity contribution in [1.29, 1.82) is 5.26 Å². The lowest BCUT2D eigenvalue weighted by atomic mass is 10.0. The Hall–Kier alpha value is -4.94. The number of H-pyrrole nitrogens is 1. The molecular formula is C32H37F4N9O2. The predicted molar refractivity (Wildman–Crippen MR) is 171 cm³/mol. The standard InChI is InChI=1S/C32H37F4N9O2/c1-18(38)4-3-5-20-14-25(28(33)27(15-20)47-32(34,35)36)26-16-22-17-45(31(46)44-29(22)43-26)24-8-6-21(7-9-24)19(2)41-13-11-23(10-12-37)42-30(39)40/h6-9,14-19,23,41H,3-5,10-11,13,38H2,1-2H3,(H4,39,40,42)(H,43,44,46)/t18-,19-,23-/m0/s1. The minimum Gasteiger partial charge on any atom is -0.403 e. The summed E-state index contributed by atoms with van der Waals surface area (Å²) in [6, 6.07) is 12.8. The van der Waals surface area contributed by atoms with Crippen molar-refractivity contribution < 1.29 is 22.3 Å². The SMILES string of the molecule is C[C@H](N)CCCc1cc(OC(F)(F)F)c(F)c(-c2cc3cn(-c4ccc([C@H](C)NCC[C@H](CC#N)N=C(N)N)cc4)c(=O)nc3[nH]2)c1. The Morgan fingerprint density at radius 2 is 1.89 bits per heavy atom. The number of nitrogens with one attached hydrogen (secondary N) is 2. The van der Waals surface area contributed by atoms with Gasteiger partial charge in [-0.15, -0.1) is 13.2 Å². The van der Waals surface area contributed by atoms with Crippen molar-refractivity contribution in [1.82, 2.24) is 19.9 Å². The van der Waals surface area contributed by atoms with Gasteiger partial charge in [0.05, 0.1) is 29.9 Å². The summed E-state index contributed by atoms with van der Waals surface area (Å²) in [6.07, 6.45) is -1.24. The first-order valence-corrected chi connectivity index (χ1v) is 15.0. The Morgan fingerprint density at radius 3 is 2.53 bits per heavy atom. The van der Waals surface area contributed by atoms with Crippen molar-refractivity contribution in [3.63, 3.8) is 0 Å². The van der Waals surface area contributed by atoms with Crippen molar-refractivity contribution >= 4 is 17.0 Å². The van der Waals surface area contributed by atoms with Crippen LogP contribution >= 0.6 is 0 Å². The number of benzene rings is 2. The predicted octanol–water partition coefficient (Wildman–Crippen LogP) is 4.68. The lowest BCUT2D eigenvalue weighted by molar-refractivity contribution is -0.275. The van der Waals surface area contributed by atoms with Gasteiger partial charge >= 0.3 is 12.1 Å². The van der Waals surface area contributed by atoms with Crippen LogP contribution in [-0.4, -0.2) is 45.5 Å². The second-order valence-electron chi connectivity index (χ2n) is 11.4. The van der Waals surface area contributed by atoms with Crippen molar-refractivity contribution in [2.24, 2.45) is 22.2 Å². The van der Waals surface area contributed by atoms with Crippen molar-refractivity contribution in [2.45, 2.75) is 70.4 Å². The fourth-order valence-corrected chi connectivity index (χ4v) is 5.18. The Kier molecular flexibility index (Phi) is 11.2. The zero-order valence-corrected chi connectivity index (χ0v) is 25.9. The molecule has 2 aromatic carbocycles. The molecule has 4 rings (SSSR count). The van der Waals surface area contributed by atoms with Gasteiger partial charge in [0.2, 0.25) is 0 Å². The molecule has 0 radical (unpaired) electrons. The van der Waals surface area contributed by atoms with Gasteiger partial charge in [-0.1, -0.05) is 12.1 Å². The van der Waals surface area contributed by atoms with E-state index in [1.807, 2.05) is 26.0 Å². The zero-order valence-electron chi connectivity index (χ0n) is 25.9. The highest BCUT2D eigenvalue weighted by atomic mass is 19.4. The van der Waals surface area contributed by atoms with Gasteiger partial charge in [-0.05, 0) is 87.5 Å². The van der Waals surface area contributed by atoms with Crippen LogP contribution in [0.15, 0.2) is 58.4 Å². The summed E-state index contributed by atoms with van der Waals surface area (Å²) in [6.45, 7) is 4.35. The van der Waals surface area contributed by atoms with E-state index in [0.717, 1.165) is 11.6 Å². The normalized spacial score (nSPS) is 13.6. The minimum absolute atomic E-state index is 0.0638. The number of aliphatic imine (C=N–C) groups is 1. The number of nitriles is 1. The number of guanidine groups is 1. The molecule has 3 atom stereocenters. The first kappa shape index (κ1) is 34.9. The number of hydrogen-bond acceptors (Lipinski definition) is 7. The lowest BCUT2D eigenvalue weighted by Gasteiger charge is -2.16. The fourth-order valence-electron chi connectivity index (χ4n) is 5.18. The first-order valence-electron chi connectivity index (χ1n) is 15.0. The monoisotopic (exact) mass is 655 g/mol. The Labute approximate surface area is 268 Å². The topological polar surface area (TPSA) is 186 Å². The third-order valence-electron chi connectivity index (χ3n) is 7.51. The smallest absolute Gasteiger partial charge is 0.403 e. The van der Waals surface area contributed by atoms with Crippen molar-refractivity contribution in [3.05, 3.63) is 76.1 Å². The van der Waals surface area contributed by atoms with Crippen LogP contribution in [0.2, 0.25) is 0 Å². The van der Waals surface area contributed by atoms with E-state index < -0.39 is 23.6 Å². The van der Waals surface area contributed by atoms with Gasteiger partial charge in [0.1, 0.15) is 5.65 Å². The molecule has 8 N–H and O–H groups in total. The van der Waals surface area contributed by atoms with E-state index in [9.17, 15) is 18.0 Å². The van der Waals surface area contributed by atoms with Gasteiger partial charge in [-0.25, -0.2) is 14.2 Å². The number of rotatable bonds is 14. The highest BCUT2D eigenvalue weighted by molar-refractivity contribution is 5.83. The van der Waals surface area contributed by atoms with Crippen LogP contribution in [0, 0.1) is 17.1 Å². The summed E-state index contributed by atoms with van der Waals surface area (Å²) in [5.74, 6) is -2.21. The third-order valence-corrected chi connectivity index (χ3v) is 7.51. The van der Waals surface area contributed by atoms with Gasteiger partial charge in [0.25, 0.3) is 0 Å². The molecule has 0 aliphatic rings. The Balaban J connectivity index is 1.57. The number of halogens is 4. The molecule has 0 bridgehead atoms. The van der Waals surface area contributed by atoms with Gasteiger partial charge in [-0.2, -0.15) is 10.2 Å². The van der Waals surface area contributed by atoms with Crippen LogP contribution in [0.1, 0.15) is 56.7 Å². The summed E-state index contributed by atoms with van der Waals surface area (Å²) in [5.41, 5.74) is 18.1.